The molecule has 6 nitrogen and oxygen atoms in total. The molecule has 1 aliphatic rings. The summed E-state index contributed by atoms with van der Waals surface area (Å²) in [5.41, 5.74) is 0.285. The minimum absolute atomic E-state index is 0.0346. The standard InChI is InChI=1S/C22H31FN2O4/c1-4-16(3)25(21(27)18-7-6-8-19(23)15-18)14-11-20(26)24-12-9-17(10-13-24)22(28)29-5-2/h6-8,15-17H,4-5,9-14H2,1-3H3. The fourth-order valence-corrected chi connectivity index (χ4v) is 3.53. The van der Waals surface area contributed by atoms with Gasteiger partial charge in [-0.3, -0.25) is 14.4 Å². The van der Waals surface area contributed by atoms with Crippen LogP contribution in [-0.4, -0.2) is 59.9 Å². The lowest BCUT2D eigenvalue weighted by Gasteiger charge is -2.33. The highest BCUT2D eigenvalue weighted by molar-refractivity contribution is 5.94. The summed E-state index contributed by atoms with van der Waals surface area (Å²) >= 11 is 0. The molecule has 1 unspecified atom stereocenters. The van der Waals surface area contributed by atoms with Crippen molar-refractivity contribution in [1.82, 2.24) is 9.80 Å². The van der Waals surface area contributed by atoms with Gasteiger partial charge < -0.3 is 14.5 Å². The van der Waals surface area contributed by atoms with Gasteiger partial charge in [0.05, 0.1) is 12.5 Å². The van der Waals surface area contributed by atoms with Crippen LogP contribution in [0.25, 0.3) is 0 Å². The number of carbonyl (C=O) groups is 3. The van der Waals surface area contributed by atoms with Crippen molar-refractivity contribution < 1.29 is 23.5 Å². The first-order valence-electron chi connectivity index (χ1n) is 10.4. The molecular formula is C22H31FN2O4. The number of halogens is 1. The average molecular weight is 406 g/mol. The number of piperidine rings is 1. The maximum Gasteiger partial charge on any atom is 0.309 e. The molecule has 29 heavy (non-hydrogen) atoms. The maximum absolute atomic E-state index is 13.5. The fraction of sp³-hybridized carbons (Fsp3) is 0.591. The predicted molar refractivity (Wildman–Crippen MR) is 108 cm³/mol. The second kappa shape index (κ2) is 10.9. The molecule has 1 aliphatic heterocycles. The summed E-state index contributed by atoms with van der Waals surface area (Å²) in [7, 11) is 0. The topological polar surface area (TPSA) is 66.9 Å². The molecule has 1 aromatic rings. The number of nitrogens with zero attached hydrogens (tertiary/aromatic N) is 2. The Hall–Kier alpha value is -2.44. The minimum atomic E-state index is -0.458. The van der Waals surface area contributed by atoms with Gasteiger partial charge in [-0.15, -0.1) is 0 Å². The average Bonchev–Trinajstić information content (AvgIpc) is 2.73. The van der Waals surface area contributed by atoms with E-state index in [0.717, 1.165) is 6.42 Å². The molecule has 1 fully saturated rings. The van der Waals surface area contributed by atoms with Crippen LogP contribution in [-0.2, 0) is 14.3 Å². The third-order valence-corrected chi connectivity index (χ3v) is 5.49. The van der Waals surface area contributed by atoms with Crippen LogP contribution in [0, 0.1) is 11.7 Å². The van der Waals surface area contributed by atoms with Crippen molar-refractivity contribution in [2.45, 2.75) is 52.5 Å². The molecule has 0 aliphatic carbocycles. The third-order valence-electron chi connectivity index (χ3n) is 5.49. The Morgan fingerprint density at radius 1 is 1.24 bits per heavy atom. The van der Waals surface area contributed by atoms with Crippen LogP contribution in [0.2, 0.25) is 0 Å². The lowest BCUT2D eigenvalue weighted by atomic mass is 9.97. The number of carbonyl (C=O) groups excluding carboxylic acids is 3. The number of esters is 1. The fourth-order valence-electron chi connectivity index (χ4n) is 3.53. The summed E-state index contributed by atoms with van der Waals surface area (Å²) in [5, 5.41) is 0. The summed E-state index contributed by atoms with van der Waals surface area (Å²) in [5.74, 6) is -1.10. The van der Waals surface area contributed by atoms with Crippen LogP contribution in [0.5, 0.6) is 0 Å². The zero-order chi connectivity index (χ0) is 21.4. The molecule has 0 bridgehead atoms. The van der Waals surface area contributed by atoms with Gasteiger partial charge in [0.15, 0.2) is 0 Å². The molecule has 0 spiro atoms. The number of rotatable bonds is 8. The Morgan fingerprint density at radius 3 is 2.52 bits per heavy atom. The van der Waals surface area contributed by atoms with E-state index in [1.54, 1.807) is 22.8 Å². The van der Waals surface area contributed by atoms with Crippen LogP contribution in [0.1, 0.15) is 56.8 Å². The highest BCUT2D eigenvalue weighted by atomic mass is 19.1. The molecule has 1 heterocycles. The Bertz CT molecular complexity index is 717. The van der Waals surface area contributed by atoms with Crippen molar-refractivity contribution in [3.63, 3.8) is 0 Å². The molecule has 2 amide bonds. The van der Waals surface area contributed by atoms with Crippen LogP contribution in [0.4, 0.5) is 4.39 Å². The molecular weight excluding hydrogens is 375 g/mol. The largest absolute Gasteiger partial charge is 0.466 e. The van der Waals surface area contributed by atoms with Gasteiger partial charge in [-0.25, -0.2) is 4.39 Å². The molecule has 1 atom stereocenters. The van der Waals surface area contributed by atoms with E-state index >= 15 is 0 Å². The highest BCUT2D eigenvalue weighted by Crippen LogP contribution is 2.20. The molecule has 1 aromatic carbocycles. The second-order valence-electron chi connectivity index (χ2n) is 7.42. The van der Waals surface area contributed by atoms with Crippen molar-refractivity contribution in [3.05, 3.63) is 35.6 Å². The van der Waals surface area contributed by atoms with Gasteiger partial charge in [-0.05, 0) is 51.3 Å². The summed E-state index contributed by atoms with van der Waals surface area (Å²) in [6, 6.07) is 5.56. The van der Waals surface area contributed by atoms with Gasteiger partial charge in [0.25, 0.3) is 5.91 Å². The molecule has 0 aromatic heterocycles. The van der Waals surface area contributed by atoms with E-state index in [0.29, 0.717) is 32.5 Å². The smallest absolute Gasteiger partial charge is 0.309 e. The highest BCUT2D eigenvalue weighted by Gasteiger charge is 2.29. The van der Waals surface area contributed by atoms with E-state index in [1.807, 2.05) is 13.8 Å². The number of ether oxygens (including phenoxy) is 1. The van der Waals surface area contributed by atoms with Crippen molar-refractivity contribution in [3.8, 4) is 0 Å². The number of likely N-dealkylation sites (tertiary alicyclic amines) is 1. The minimum Gasteiger partial charge on any atom is -0.466 e. The number of hydrogen-bond donors (Lipinski definition) is 0. The quantitative estimate of drug-likeness (QED) is 0.622. The lowest BCUT2D eigenvalue weighted by Crippen LogP contribution is -2.44. The molecule has 0 radical (unpaired) electrons. The second-order valence-corrected chi connectivity index (χ2v) is 7.42. The van der Waals surface area contributed by atoms with Crippen molar-refractivity contribution in [2.24, 2.45) is 5.92 Å². The first-order chi connectivity index (χ1) is 13.9. The van der Waals surface area contributed by atoms with E-state index < -0.39 is 5.82 Å². The van der Waals surface area contributed by atoms with Gasteiger partial charge in [-0.2, -0.15) is 0 Å². The zero-order valence-electron chi connectivity index (χ0n) is 17.5. The summed E-state index contributed by atoms with van der Waals surface area (Å²) in [6.45, 7) is 7.35. The summed E-state index contributed by atoms with van der Waals surface area (Å²) in [6.07, 6.45) is 2.14. The van der Waals surface area contributed by atoms with Crippen LogP contribution >= 0.6 is 0 Å². The van der Waals surface area contributed by atoms with E-state index in [2.05, 4.69) is 0 Å². The first kappa shape index (κ1) is 22.8. The van der Waals surface area contributed by atoms with Gasteiger partial charge in [0.2, 0.25) is 5.91 Å². The Balaban J connectivity index is 1.93. The van der Waals surface area contributed by atoms with Crippen LogP contribution in [0.15, 0.2) is 24.3 Å². The molecule has 1 saturated heterocycles. The normalized spacial score (nSPS) is 15.7. The molecule has 7 heteroatoms. The molecule has 160 valence electrons. The van der Waals surface area contributed by atoms with Crippen LogP contribution in [0.3, 0.4) is 0 Å². The maximum atomic E-state index is 13.5. The van der Waals surface area contributed by atoms with E-state index in [9.17, 15) is 18.8 Å². The number of benzene rings is 1. The van der Waals surface area contributed by atoms with Gasteiger partial charge in [0, 0.05) is 37.7 Å². The first-order valence-corrected chi connectivity index (χ1v) is 10.4. The summed E-state index contributed by atoms with van der Waals surface area (Å²) in [4.78, 5) is 40.7. The van der Waals surface area contributed by atoms with Gasteiger partial charge >= 0.3 is 5.97 Å². The predicted octanol–water partition coefficient (Wildman–Crippen LogP) is 3.26. The summed E-state index contributed by atoms with van der Waals surface area (Å²) < 4.78 is 18.6. The molecule has 0 N–H and O–H groups in total. The Kier molecular flexibility index (Phi) is 8.61. The van der Waals surface area contributed by atoms with Crippen molar-refractivity contribution in [2.75, 3.05) is 26.2 Å². The third kappa shape index (κ3) is 6.27. The lowest BCUT2D eigenvalue weighted by molar-refractivity contribution is -0.151. The molecule has 0 saturated carbocycles. The SMILES string of the molecule is CCOC(=O)C1CCN(C(=O)CCN(C(=O)c2cccc(F)c2)C(C)CC)CC1. The zero-order valence-corrected chi connectivity index (χ0v) is 17.5. The van der Waals surface area contributed by atoms with Crippen LogP contribution < -0.4 is 0 Å². The van der Waals surface area contributed by atoms with Gasteiger partial charge in [0.1, 0.15) is 5.82 Å². The van der Waals surface area contributed by atoms with Crippen molar-refractivity contribution in [1.29, 1.82) is 0 Å². The number of hydrogen-bond acceptors (Lipinski definition) is 4. The molecule has 2 rings (SSSR count). The van der Waals surface area contributed by atoms with E-state index in [4.69, 9.17) is 4.74 Å². The Morgan fingerprint density at radius 2 is 1.93 bits per heavy atom. The van der Waals surface area contributed by atoms with Crippen molar-refractivity contribution >= 4 is 17.8 Å². The monoisotopic (exact) mass is 406 g/mol. The van der Waals surface area contributed by atoms with Gasteiger partial charge in [-0.1, -0.05) is 13.0 Å². The van der Waals surface area contributed by atoms with E-state index in [1.165, 1.54) is 18.2 Å². The number of amides is 2. The Labute approximate surface area is 172 Å². The van der Waals surface area contributed by atoms with E-state index in [-0.39, 0.29) is 48.3 Å².